The number of ether oxygens (including phenoxy) is 3. The first-order chi connectivity index (χ1) is 20.4. The van der Waals surface area contributed by atoms with Crippen LogP contribution in [0.5, 0.6) is 5.75 Å². The van der Waals surface area contributed by atoms with Gasteiger partial charge in [-0.1, -0.05) is 65.9 Å². The lowest BCUT2D eigenvalue weighted by atomic mass is 9.96. The largest absolute Gasteiger partial charge is 0.489 e. The summed E-state index contributed by atoms with van der Waals surface area (Å²) < 4.78 is 18.1. The zero-order valence-electron chi connectivity index (χ0n) is 22.9. The fourth-order valence-electron chi connectivity index (χ4n) is 4.60. The highest BCUT2D eigenvalue weighted by Gasteiger charge is 2.33. The molecule has 0 amide bonds. The van der Waals surface area contributed by atoms with Crippen molar-refractivity contribution in [2.45, 2.75) is 19.6 Å². The second kappa shape index (κ2) is 12.8. The number of hydrogen-bond acceptors (Lipinski definition) is 9. The lowest BCUT2D eigenvalue weighted by molar-refractivity contribution is -0.385. The molecule has 1 aromatic heterocycles. The van der Waals surface area contributed by atoms with Gasteiger partial charge in [0, 0.05) is 13.2 Å². The third-order valence-electron chi connectivity index (χ3n) is 6.63. The fourth-order valence-corrected chi connectivity index (χ4v) is 5.64. The third kappa shape index (κ3) is 6.07. The van der Waals surface area contributed by atoms with Gasteiger partial charge in [-0.3, -0.25) is 19.5 Å². The number of allylic oxidation sites excluding steroid dienone is 1. The van der Waals surface area contributed by atoms with E-state index in [4.69, 9.17) is 14.2 Å². The summed E-state index contributed by atoms with van der Waals surface area (Å²) in [4.78, 5) is 43.2. The van der Waals surface area contributed by atoms with Crippen molar-refractivity contribution >= 4 is 29.1 Å². The van der Waals surface area contributed by atoms with E-state index in [1.807, 2.05) is 30.3 Å². The van der Waals surface area contributed by atoms with Crippen LogP contribution in [0.25, 0.3) is 6.08 Å². The van der Waals surface area contributed by atoms with Gasteiger partial charge in [-0.2, -0.15) is 0 Å². The number of nitro groups is 1. The van der Waals surface area contributed by atoms with Crippen molar-refractivity contribution in [3.63, 3.8) is 0 Å². The first-order valence-electron chi connectivity index (χ1n) is 13.1. The molecule has 1 unspecified atom stereocenters. The lowest BCUT2D eigenvalue weighted by Crippen LogP contribution is -2.40. The molecule has 0 bridgehead atoms. The highest BCUT2D eigenvalue weighted by molar-refractivity contribution is 7.07. The van der Waals surface area contributed by atoms with E-state index in [2.05, 4.69) is 4.99 Å². The van der Waals surface area contributed by atoms with Crippen molar-refractivity contribution < 1.29 is 23.9 Å². The van der Waals surface area contributed by atoms with E-state index in [1.54, 1.807) is 49.4 Å². The lowest BCUT2D eigenvalue weighted by Gasteiger charge is -2.25. The van der Waals surface area contributed by atoms with Gasteiger partial charge in [0.2, 0.25) is 0 Å². The second-order valence-electron chi connectivity index (χ2n) is 9.37. The van der Waals surface area contributed by atoms with Gasteiger partial charge >= 0.3 is 5.97 Å². The van der Waals surface area contributed by atoms with Gasteiger partial charge in [0.05, 0.1) is 38.9 Å². The van der Waals surface area contributed by atoms with Crippen molar-refractivity contribution in [3.05, 3.63) is 137 Å². The normalized spacial score (nSPS) is 14.7. The van der Waals surface area contributed by atoms with Crippen LogP contribution in [0, 0.1) is 10.1 Å². The number of nitro benzene ring substituents is 1. The maximum absolute atomic E-state index is 13.8. The summed E-state index contributed by atoms with van der Waals surface area (Å²) in [5, 5.41) is 11.6. The first kappa shape index (κ1) is 28.7. The number of carbonyl (C=O) groups excluding carboxylic acids is 1. The van der Waals surface area contributed by atoms with Crippen LogP contribution in [0.4, 0.5) is 5.69 Å². The Kier molecular flexibility index (Phi) is 8.70. The molecule has 11 heteroatoms. The molecule has 5 rings (SSSR count). The van der Waals surface area contributed by atoms with Gasteiger partial charge in [0.25, 0.3) is 11.2 Å². The minimum Gasteiger partial charge on any atom is -0.489 e. The monoisotopic (exact) mass is 585 g/mol. The zero-order valence-corrected chi connectivity index (χ0v) is 23.7. The van der Waals surface area contributed by atoms with E-state index < -0.39 is 22.5 Å². The van der Waals surface area contributed by atoms with Gasteiger partial charge in [-0.15, -0.1) is 0 Å². The highest BCUT2D eigenvalue weighted by atomic mass is 32.1. The zero-order chi connectivity index (χ0) is 29.6. The predicted octanol–water partition coefficient (Wildman–Crippen LogP) is 3.91. The average molecular weight is 586 g/mol. The van der Waals surface area contributed by atoms with Crippen molar-refractivity contribution in [2.24, 2.45) is 4.99 Å². The SMILES string of the molecule is COCCOC(=O)C1=C(C)N=c2s/c(=C\c3ccccc3[N+](=O)[O-])c(=O)n2C1c1ccc(OCc2ccccc2)cc1. The Morgan fingerprint density at radius 1 is 1.05 bits per heavy atom. The highest BCUT2D eigenvalue weighted by Crippen LogP contribution is 2.32. The molecule has 1 aliphatic heterocycles. The van der Waals surface area contributed by atoms with Crippen LogP contribution in [0.15, 0.2) is 99.9 Å². The molecular formula is C31H27N3O7S. The number of methoxy groups -OCH3 is 1. The quantitative estimate of drug-likeness (QED) is 0.120. The molecule has 4 aromatic rings. The Morgan fingerprint density at radius 2 is 1.76 bits per heavy atom. The van der Waals surface area contributed by atoms with E-state index in [0.29, 0.717) is 34.0 Å². The number of hydrogen-bond donors (Lipinski definition) is 0. The van der Waals surface area contributed by atoms with Crippen LogP contribution in [0.3, 0.4) is 0 Å². The molecule has 0 saturated heterocycles. The van der Waals surface area contributed by atoms with Crippen LogP contribution in [-0.2, 0) is 20.9 Å². The summed E-state index contributed by atoms with van der Waals surface area (Å²) in [5.41, 5.74) is 2.03. The van der Waals surface area contributed by atoms with Crippen molar-refractivity contribution in [3.8, 4) is 5.75 Å². The van der Waals surface area contributed by atoms with Crippen LogP contribution in [-0.4, -0.2) is 35.8 Å². The number of benzene rings is 3. The minimum absolute atomic E-state index is 0.0349. The van der Waals surface area contributed by atoms with E-state index in [1.165, 1.54) is 23.8 Å². The summed E-state index contributed by atoms with van der Waals surface area (Å²) >= 11 is 1.10. The summed E-state index contributed by atoms with van der Waals surface area (Å²) in [6, 6.07) is 22.3. The minimum atomic E-state index is -0.840. The van der Waals surface area contributed by atoms with Gasteiger partial charge in [0.15, 0.2) is 4.80 Å². The Hall–Kier alpha value is -4.87. The number of aromatic nitrogens is 1. The van der Waals surface area contributed by atoms with Gasteiger partial charge in [0.1, 0.15) is 19.0 Å². The summed E-state index contributed by atoms with van der Waals surface area (Å²) in [6.45, 7) is 2.33. The summed E-state index contributed by atoms with van der Waals surface area (Å²) in [5.74, 6) is 0.00648. The fraction of sp³-hybridized carbons (Fsp3) is 0.194. The molecular weight excluding hydrogens is 558 g/mol. The maximum Gasteiger partial charge on any atom is 0.338 e. The van der Waals surface area contributed by atoms with E-state index in [-0.39, 0.29) is 29.0 Å². The van der Waals surface area contributed by atoms with Crippen molar-refractivity contribution in [1.29, 1.82) is 0 Å². The molecule has 42 heavy (non-hydrogen) atoms. The van der Waals surface area contributed by atoms with Crippen LogP contribution in [0.1, 0.15) is 29.7 Å². The van der Waals surface area contributed by atoms with E-state index in [9.17, 15) is 19.7 Å². The molecule has 0 saturated carbocycles. The number of carbonyl (C=O) groups is 1. The van der Waals surface area contributed by atoms with Crippen LogP contribution in [0.2, 0.25) is 0 Å². The Morgan fingerprint density at radius 3 is 2.48 bits per heavy atom. The molecule has 1 aliphatic rings. The summed E-state index contributed by atoms with van der Waals surface area (Å²) in [6.07, 6.45) is 1.48. The first-order valence-corrected chi connectivity index (χ1v) is 13.9. The molecule has 10 nitrogen and oxygen atoms in total. The van der Waals surface area contributed by atoms with Crippen LogP contribution >= 0.6 is 11.3 Å². The van der Waals surface area contributed by atoms with Crippen molar-refractivity contribution in [2.75, 3.05) is 20.3 Å². The smallest absolute Gasteiger partial charge is 0.338 e. The predicted molar refractivity (Wildman–Crippen MR) is 157 cm³/mol. The number of para-hydroxylation sites is 1. The number of thiazole rings is 1. The topological polar surface area (TPSA) is 122 Å². The molecule has 0 radical (unpaired) electrons. The van der Waals surface area contributed by atoms with E-state index in [0.717, 1.165) is 16.9 Å². The molecule has 0 spiro atoms. The van der Waals surface area contributed by atoms with Crippen LogP contribution < -0.4 is 19.6 Å². The molecule has 2 heterocycles. The maximum atomic E-state index is 13.8. The van der Waals surface area contributed by atoms with E-state index >= 15 is 0 Å². The number of nitrogens with zero attached hydrogens (tertiary/aromatic N) is 3. The standard InChI is InChI=1S/C31H27N3O7S/c1-20-27(30(36)40-17-16-39-2)28(22-12-14-24(15-13-22)41-19-21-8-4-3-5-9-21)33-29(35)26(42-31(33)32-20)18-23-10-6-7-11-25(23)34(37)38/h3-15,18,28H,16-17,19H2,1-2H3/b26-18-. The second-order valence-corrected chi connectivity index (χ2v) is 10.4. The van der Waals surface area contributed by atoms with Gasteiger partial charge in [-0.05, 0) is 42.3 Å². The Balaban J connectivity index is 1.57. The molecule has 3 aromatic carbocycles. The Labute approximate surface area is 244 Å². The summed E-state index contributed by atoms with van der Waals surface area (Å²) in [7, 11) is 1.50. The molecule has 214 valence electrons. The molecule has 0 fully saturated rings. The number of rotatable bonds is 10. The Bertz CT molecular complexity index is 1830. The molecule has 0 aliphatic carbocycles. The number of fused-ring (bicyclic) bond motifs is 1. The molecule has 1 atom stereocenters. The van der Waals surface area contributed by atoms with Crippen molar-refractivity contribution in [1.82, 2.24) is 4.57 Å². The third-order valence-corrected chi connectivity index (χ3v) is 7.61. The van der Waals surface area contributed by atoms with Gasteiger partial charge in [-0.25, -0.2) is 9.79 Å². The van der Waals surface area contributed by atoms with Gasteiger partial charge < -0.3 is 14.2 Å². The number of esters is 1. The average Bonchev–Trinajstić information content (AvgIpc) is 3.30. The molecule has 0 N–H and O–H groups in total.